The molecule has 1 aromatic rings. The molecule has 0 aliphatic rings. The van der Waals surface area contributed by atoms with Crippen LogP contribution in [0.5, 0.6) is 0 Å². The van der Waals surface area contributed by atoms with Gasteiger partial charge in [-0.05, 0) is 51.1 Å². The lowest BCUT2D eigenvalue weighted by atomic mass is 10.00. The Balaban J connectivity index is 2.77. The predicted molar refractivity (Wildman–Crippen MR) is 77.1 cm³/mol. The predicted octanol–water partition coefficient (Wildman–Crippen LogP) is 4.91. The number of anilines is 1. The zero-order valence-corrected chi connectivity index (χ0v) is 12.9. The maximum absolute atomic E-state index is 12.5. The monoisotopic (exact) mass is 307 g/mol. The highest BCUT2D eigenvalue weighted by Gasteiger charge is 2.30. The van der Waals surface area contributed by atoms with E-state index in [4.69, 9.17) is 4.74 Å². The third kappa shape index (κ3) is 6.05. The van der Waals surface area contributed by atoms with Crippen LogP contribution in [0.4, 0.5) is 18.9 Å². The summed E-state index contributed by atoms with van der Waals surface area (Å²) in [7, 11) is 1.63. The molecular formula is C14H20F3NOS. The molecule has 0 bridgehead atoms. The van der Waals surface area contributed by atoms with Crippen LogP contribution < -0.4 is 5.32 Å². The van der Waals surface area contributed by atoms with Crippen LogP contribution in [0, 0.1) is 0 Å². The van der Waals surface area contributed by atoms with Crippen molar-refractivity contribution in [1.82, 2.24) is 0 Å². The molecule has 114 valence electrons. The van der Waals surface area contributed by atoms with E-state index in [2.05, 4.69) is 5.32 Å². The van der Waals surface area contributed by atoms with Crippen molar-refractivity contribution in [3.8, 4) is 0 Å². The molecule has 0 saturated heterocycles. The van der Waals surface area contributed by atoms with Gasteiger partial charge in [0.2, 0.25) is 0 Å². The molecule has 0 aliphatic carbocycles. The van der Waals surface area contributed by atoms with E-state index in [1.165, 1.54) is 6.07 Å². The topological polar surface area (TPSA) is 21.3 Å². The van der Waals surface area contributed by atoms with Gasteiger partial charge in [-0.2, -0.15) is 13.2 Å². The molecule has 0 heterocycles. The van der Waals surface area contributed by atoms with Crippen molar-refractivity contribution in [2.24, 2.45) is 0 Å². The third-order valence-electron chi connectivity index (χ3n) is 2.87. The minimum atomic E-state index is -4.28. The molecular weight excluding hydrogens is 287 g/mol. The molecule has 1 aromatic carbocycles. The van der Waals surface area contributed by atoms with Gasteiger partial charge in [0.15, 0.2) is 0 Å². The van der Waals surface area contributed by atoms with Gasteiger partial charge >= 0.3 is 5.51 Å². The maximum atomic E-state index is 12.5. The van der Waals surface area contributed by atoms with Crippen LogP contribution in [0.25, 0.3) is 0 Å². The highest BCUT2D eigenvalue weighted by Crippen LogP contribution is 2.40. The summed E-state index contributed by atoms with van der Waals surface area (Å²) in [6, 6.07) is 6.44. The number of ether oxygens (including phenoxy) is 1. The minimum Gasteiger partial charge on any atom is -0.382 e. The van der Waals surface area contributed by atoms with E-state index in [9.17, 15) is 13.2 Å². The molecule has 1 N–H and O–H groups in total. The minimum absolute atomic E-state index is 0.0000614. The average molecular weight is 307 g/mol. The Labute approximate surface area is 122 Å². The number of hydrogen-bond donors (Lipinski definition) is 1. The van der Waals surface area contributed by atoms with Crippen LogP contribution in [0.15, 0.2) is 29.2 Å². The van der Waals surface area contributed by atoms with Gasteiger partial charge in [-0.3, -0.25) is 0 Å². The summed E-state index contributed by atoms with van der Waals surface area (Å²) in [6.45, 7) is 5.82. The largest absolute Gasteiger partial charge is 0.446 e. The SMILES string of the molecule is COC(C)(C)CC(C)Nc1ccccc1SC(F)(F)F. The first-order valence-electron chi connectivity index (χ1n) is 6.29. The number of hydrogen-bond acceptors (Lipinski definition) is 3. The van der Waals surface area contributed by atoms with Gasteiger partial charge < -0.3 is 10.1 Å². The van der Waals surface area contributed by atoms with Crippen molar-refractivity contribution in [2.45, 2.75) is 49.2 Å². The molecule has 0 amide bonds. The Morgan fingerprint density at radius 1 is 1.25 bits per heavy atom. The summed E-state index contributed by atoms with van der Waals surface area (Å²) in [4.78, 5) is 0.182. The molecule has 0 fully saturated rings. The fourth-order valence-electron chi connectivity index (χ4n) is 1.94. The molecule has 0 aliphatic heterocycles. The molecule has 2 nitrogen and oxygen atoms in total. The second-order valence-electron chi connectivity index (χ2n) is 5.26. The van der Waals surface area contributed by atoms with Crippen molar-refractivity contribution in [1.29, 1.82) is 0 Å². The lowest BCUT2D eigenvalue weighted by Gasteiger charge is -2.28. The van der Waals surface area contributed by atoms with E-state index in [0.29, 0.717) is 12.1 Å². The van der Waals surface area contributed by atoms with Gasteiger partial charge in [0.25, 0.3) is 0 Å². The Morgan fingerprint density at radius 3 is 2.40 bits per heavy atom. The Bertz CT molecular complexity index is 435. The zero-order valence-electron chi connectivity index (χ0n) is 12.0. The highest BCUT2D eigenvalue weighted by molar-refractivity contribution is 8.00. The van der Waals surface area contributed by atoms with Crippen molar-refractivity contribution < 1.29 is 17.9 Å². The van der Waals surface area contributed by atoms with E-state index >= 15 is 0 Å². The summed E-state index contributed by atoms with van der Waals surface area (Å²) in [5.74, 6) is 0. The highest BCUT2D eigenvalue weighted by atomic mass is 32.2. The summed E-state index contributed by atoms with van der Waals surface area (Å²) in [5, 5.41) is 3.12. The molecule has 0 spiro atoms. The van der Waals surface area contributed by atoms with Gasteiger partial charge in [0.05, 0.1) is 5.60 Å². The first-order valence-corrected chi connectivity index (χ1v) is 7.11. The molecule has 6 heteroatoms. The smallest absolute Gasteiger partial charge is 0.382 e. The number of nitrogens with one attached hydrogen (secondary N) is 1. The zero-order chi connectivity index (χ0) is 15.4. The number of halogens is 3. The first kappa shape index (κ1) is 17.2. The second kappa shape index (κ2) is 6.72. The van der Waals surface area contributed by atoms with Crippen molar-refractivity contribution in [3.63, 3.8) is 0 Å². The normalized spacial score (nSPS) is 14.2. The van der Waals surface area contributed by atoms with Gasteiger partial charge in [-0.1, -0.05) is 12.1 Å². The average Bonchev–Trinajstić information content (AvgIpc) is 2.29. The van der Waals surface area contributed by atoms with Crippen LogP contribution >= 0.6 is 11.8 Å². The van der Waals surface area contributed by atoms with Crippen LogP contribution in [0.1, 0.15) is 27.2 Å². The second-order valence-corrected chi connectivity index (χ2v) is 6.36. The van der Waals surface area contributed by atoms with Crippen molar-refractivity contribution >= 4 is 17.4 Å². The Morgan fingerprint density at radius 2 is 1.85 bits per heavy atom. The van der Waals surface area contributed by atoms with Crippen molar-refractivity contribution in [3.05, 3.63) is 24.3 Å². The van der Waals surface area contributed by atoms with Crippen LogP contribution in [-0.2, 0) is 4.74 Å². The van der Waals surface area contributed by atoms with Gasteiger partial charge in [-0.25, -0.2) is 0 Å². The quantitative estimate of drug-likeness (QED) is 0.754. The summed E-state index contributed by atoms with van der Waals surface area (Å²) in [6.07, 6.45) is 0.689. The number of para-hydroxylation sites is 1. The fraction of sp³-hybridized carbons (Fsp3) is 0.571. The van der Waals surface area contributed by atoms with E-state index in [1.54, 1.807) is 25.3 Å². The lowest BCUT2D eigenvalue weighted by Crippen LogP contribution is -2.31. The molecule has 1 unspecified atom stereocenters. The number of methoxy groups -OCH3 is 1. The molecule has 0 saturated carbocycles. The lowest BCUT2D eigenvalue weighted by molar-refractivity contribution is -0.0328. The molecule has 1 rings (SSSR count). The van der Waals surface area contributed by atoms with Gasteiger partial charge in [-0.15, -0.1) is 0 Å². The third-order valence-corrected chi connectivity index (χ3v) is 3.67. The summed E-state index contributed by atoms with van der Waals surface area (Å²) >= 11 is -0.101. The van der Waals surface area contributed by atoms with E-state index < -0.39 is 5.51 Å². The van der Waals surface area contributed by atoms with E-state index in [0.717, 1.165) is 0 Å². The Kier molecular flexibility index (Phi) is 5.77. The van der Waals surface area contributed by atoms with Gasteiger partial charge in [0.1, 0.15) is 0 Å². The maximum Gasteiger partial charge on any atom is 0.446 e. The van der Waals surface area contributed by atoms with E-state index in [-0.39, 0.29) is 28.3 Å². The molecule has 0 radical (unpaired) electrons. The van der Waals surface area contributed by atoms with Crippen LogP contribution in [-0.4, -0.2) is 24.3 Å². The molecule has 20 heavy (non-hydrogen) atoms. The number of rotatable bonds is 6. The van der Waals surface area contributed by atoms with Gasteiger partial charge in [0, 0.05) is 23.7 Å². The number of benzene rings is 1. The Hall–Kier alpha value is -0.880. The van der Waals surface area contributed by atoms with Crippen LogP contribution in [0.2, 0.25) is 0 Å². The van der Waals surface area contributed by atoms with Crippen molar-refractivity contribution in [2.75, 3.05) is 12.4 Å². The summed E-state index contributed by atoms with van der Waals surface area (Å²) < 4.78 is 42.8. The molecule has 1 atom stereocenters. The fourth-order valence-corrected chi connectivity index (χ4v) is 2.57. The standard InChI is InChI=1S/C14H20F3NOS/c1-10(9-13(2,3)19-4)18-11-7-5-6-8-12(11)20-14(15,16)17/h5-8,10,18H,9H2,1-4H3. The summed E-state index contributed by atoms with van der Waals surface area (Å²) in [5.41, 5.74) is -4.11. The molecule has 0 aromatic heterocycles. The number of alkyl halides is 3. The first-order chi connectivity index (χ1) is 9.13. The van der Waals surface area contributed by atoms with Crippen LogP contribution in [0.3, 0.4) is 0 Å². The van der Waals surface area contributed by atoms with E-state index in [1.807, 2.05) is 20.8 Å². The number of thioether (sulfide) groups is 1.